The summed E-state index contributed by atoms with van der Waals surface area (Å²) in [5.41, 5.74) is 0.569. The van der Waals surface area contributed by atoms with E-state index in [9.17, 15) is 9.59 Å². The molecule has 2 rings (SSSR count). The predicted octanol–water partition coefficient (Wildman–Crippen LogP) is 3.51. The molecule has 1 heterocycles. The zero-order valence-corrected chi connectivity index (χ0v) is 12.3. The number of halogens is 1. The standard InChI is InChI=1S/C15H12ClN3O3/c1-9(17)22-15(21)18-11-7-8-12(16)19-13(11)14(20)10-5-3-2-4-6-10/h2-8,17H,1H3,(H,18,21). The molecular formula is C15H12ClN3O3. The number of carbonyl (C=O) groups excluding carboxylic acids is 2. The first-order chi connectivity index (χ1) is 10.5. The second-order valence-electron chi connectivity index (χ2n) is 4.30. The van der Waals surface area contributed by atoms with Gasteiger partial charge in [0, 0.05) is 12.5 Å². The molecule has 1 aromatic carbocycles. The van der Waals surface area contributed by atoms with Gasteiger partial charge in [-0.3, -0.25) is 15.5 Å². The fraction of sp³-hybridized carbons (Fsp3) is 0.0667. The van der Waals surface area contributed by atoms with Crippen molar-refractivity contribution in [1.29, 1.82) is 5.41 Å². The highest BCUT2D eigenvalue weighted by Crippen LogP contribution is 2.20. The van der Waals surface area contributed by atoms with Crippen molar-refractivity contribution < 1.29 is 14.3 Å². The first kappa shape index (κ1) is 15.7. The number of nitrogens with one attached hydrogen (secondary N) is 2. The summed E-state index contributed by atoms with van der Waals surface area (Å²) < 4.78 is 4.59. The van der Waals surface area contributed by atoms with Crippen LogP contribution >= 0.6 is 11.6 Å². The van der Waals surface area contributed by atoms with Crippen molar-refractivity contribution in [3.8, 4) is 0 Å². The minimum absolute atomic E-state index is 0.00159. The zero-order chi connectivity index (χ0) is 16.1. The lowest BCUT2D eigenvalue weighted by atomic mass is 10.1. The van der Waals surface area contributed by atoms with Gasteiger partial charge in [-0.15, -0.1) is 0 Å². The fourth-order valence-electron chi connectivity index (χ4n) is 1.71. The number of rotatable bonds is 3. The Bertz CT molecular complexity index is 732. The largest absolute Gasteiger partial charge is 0.418 e. The van der Waals surface area contributed by atoms with Crippen LogP contribution in [0.25, 0.3) is 0 Å². The summed E-state index contributed by atoms with van der Waals surface area (Å²) in [5.74, 6) is -0.652. The maximum Gasteiger partial charge on any atom is 0.418 e. The second-order valence-corrected chi connectivity index (χ2v) is 4.68. The number of pyridine rings is 1. The zero-order valence-electron chi connectivity index (χ0n) is 11.6. The van der Waals surface area contributed by atoms with Crippen LogP contribution in [-0.2, 0) is 4.74 Å². The molecule has 0 saturated carbocycles. The van der Waals surface area contributed by atoms with Gasteiger partial charge >= 0.3 is 6.09 Å². The van der Waals surface area contributed by atoms with Gasteiger partial charge in [0.2, 0.25) is 5.78 Å². The van der Waals surface area contributed by atoms with E-state index >= 15 is 0 Å². The van der Waals surface area contributed by atoms with Crippen molar-refractivity contribution in [2.75, 3.05) is 5.32 Å². The van der Waals surface area contributed by atoms with Gasteiger partial charge in [-0.05, 0) is 12.1 Å². The molecule has 22 heavy (non-hydrogen) atoms. The van der Waals surface area contributed by atoms with Gasteiger partial charge in [0.1, 0.15) is 10.8 Å². The molecule has 0 aliphatic carbocycles. The highest BCUT2D eigenvalue weighted by Gasteiger charge is 2.18. The van der Waals surface area contributed by atoms with E-state index in [2.05, 4.69) is 15.0 Å². The number of hydrogen-bond acceptors (Lipinski definition) is 5. The van der Waals surface area contributed by atoms with E-state index < -0.39 is 6.09 Å². The Labute approximate surface area is 131 Å². The lowest BCUT2D eigenvalue weighted by Crippen LogP contribution is -2.19. The van der Waals surface area contributed by atoms with Gasteiger partial charge in [0.15, 0.2) is 5.90 Å². The molecular weight excluding hydrogens is 306 g/mol. The van der Waals surface area contributed by atoms with Gasteiger partial charge in [-0.2, -0.15) is 0 Å². The van der Waals surface area contributed by atoms with Gasteiger partial charge in [-0.1, -0.05) is 41.9 Å². The molecule has 0 spiro atoms. The van der Waals surface area contributed by atoms with Crippen molar-refractivity contribution >= 4 is 35.1 Å². The Hall–Kier alpha value is -2.73. The third-order valence-corrected chi connectivity index (χ3v) is 2.81. The van der Waals surface area contributed by atoms with Crippen LogP contribution in [0.5, 0.6) is 0 Å². The summed E-state index contributed by atoms with van der Waals surface area (Å²) >= 11 is 5.83. The molecule has 0 atom stereocenters. The Balaban J connectivity index is 2.34. The quantitative estimate of drug-likeness (QED) is 0.392. The monoisotopic (exact) mass is 317 g/mol. The van der Waals surface area contributed by atoms with Gasteiger partial charge in [-0.25, -0.2) is 9.78 Å². The maximum absolute atomic E-state index is 12.5. The lowest BCUT2D eigenvalue weighted by molar-refractivity contribution is 0.103. The van der Waals surface area contributed by atoms with E-state index in [1.807, 2.05) is 0 Å². The summed E-state index contributed by atoms with van der Waals surface area (Å²) in [6, 6.07) is 11.4. The number of anilines is 1. The third-order valence-electron chi connectivity index (χ3n) is 2.59. The minimum Gasteiger partial charge on any atom is -0.396 e. The van der Waals surface area contributed by atoms with E-state index in [1.165, 1.54) is 19.1 Å². The number of hydrogen-bond donors (Lipinski definition) is 2. The van der Waals surface area contributed by atoms with Crippen molar-refractivity contribution in [3.63, 3.8) is 0 Å². The fourth-order valence-corrected chi connectivity index (χ4v) is 1.86. The first-order valence-electron chi connectivity index (χ1n) is 6.27. The summed E-state index contributed by atoms with van der Waals surface area (Å²) in [6.45, 7) is 1.32. The van der Waals surface area contributed by atoms with Crippen LogP contribution in [-0.4, -0.2) is 22.8 Å². The number of benzene rings is 1. The van der Waals surface area contributed by atoms with E-state index in [0.29, 0.717) is 5.56 Å². The van der Waals surface area contributed by atoms with Crippen LogP contribution in [0.1, 0.15) is 23.0 Å². The summed E-state index contributed by atoms with van der Waals surface area (Å²) in [7, 11) is 0. The predicted molar refractivity (Wildman–Crippen MR) is 82.6 cm³/mol. The minimum atomic E-state index is -0.876. The normalized spacial score (nSPS) is 9.91. The summed E-state index contributed by atoms with van der Waals surface area (Å²) in [6.07, 6.45) is -0.876. The Morgan fingerprint density at radius 3 is 2.50 bits per heavy atom. The molecule has 0 unspecified atom stereocenters. The molecule has 2 aromatic rings. The SMILES string of the molecule is CC(=N)OC(=O)Nc1ccc(Cl)nc1C(=O)c1ccccc1. The van der Waals surface area contributed by atoms with Crippen molar-refractivity contribution in [3.05, 3.63) is 58.9 Å². The molecule has 2 N–H and O–H groups in total. The van der Waals surface area contributed by atoms with Crippen LogP contribution < -0.4 is 5.32 Å². The van der Waals surface area contributed by atoms with Gasteiger partial charge < -0.3 is 4.74 Å². The third kappa shape index (κ3) is 3.89. The average molecular weight is 318 g/mol. The number of ketones is 1. The van der Waals surface area contributed by atoms with E-state index in [-0.39, 0.29) is 28.2 Å². The van der Waals surface area contributed by atoms with Gasteiger partial charge in [0.05, 0.1) is 5.69 Å². The van der Waals surface area contributed by atoms with Crippen LogP contribution in [0.2, 0.25) is 5.15 Å². The van der Waals surface area contributed by atoms with Crippen molar-refractivity contribution in [2.24, 2.45) is 0 Å². The number of nitrogens with zero attached hydrogens (tertiary/aromatic N) is 1. The Morgan fingerprint density at radius 2 is 1.86 bits per heavy atom. The van der Waals surface area contributed by atoms with E-state index in [0.717, 1.165) is 0 Å². The average Bonchev–Trinajstić information content (AvgIpc) is 2.48. The highest BCUT2D eigenvalue weighted by molar-refractivity contribution is 6.30. The molecule has 1 amide bonds. The van der Waals surface area contributed by atoms with E-state index in [4.69, 9.17) is 17.0 Å². The van der Waals surface area contributed by atoms with Crippen molar-refractivity contribution in [1.82, 2.24) is 4.98 Å². The lowest BCUT2D eigenvalue weighted by Gasteiger charge is -2.10. The summed E-state index contributed by atoms with van der Waals surface area (Å²) in [5, 5.41) is 9.61. The van der Waals surface area contributed by atoms with Crippen molar-refractivity contribution in [2.45, 2.75) is 6.92 Å². The Kier molecular flexibility index (Phi) is 4.85. The molecule has 0 bridgehead atoms. The number of ether oxygens (including phenoxy) is 1. The first-order valence-corrected chi connectivity index (χ1v) is 6.65. The molecule has 112 valence electrons. The smallest absolute Gasteiger partial charge is 0.396 e. The highest BCUT2D eigenvalue weighted by atomic mass is 35.5. The molecule has 1 aromatic heterocycles. The topological polar surface area (TPSA) is 92.1 Å². The van der Waals surface area contributed by atoms with Crippen LogP contribution in [0.4, 0.5) is 10.5 Å². The maximum atomic E-state index is 12.5. The van der Waals surface area contributed by atoms with Crippen LogP contribution in [0.15, 0.2) is 42.5 Å². The molecule has 0 aliphatic heterocycles. The number of aromatic nitrogens is 1. The van der Waals surface area contributed by atoms with Gasteiger partial charge in [0.25, 0.3) is 0 Å². The van der Waals surface area contributed by atoms with E-state index in [1.54, 1.807) is 30.3 Å². The second kappa shape index (κ2) is 6.82. The van der Waals surface area contributed by atoms with Crippen LogP contribution in [0, 0.1) is 5.41 Å². The summed E-state index contributed by atoms with van der Waals surface area (Å²) in [4.78, 5) is 28.0. The molecule has 6 nitrogen and oxygen atoms in total. The van der Waals surface area contributed by atoms with Crippen LogP contribution in [0.3, 0.4) is 0 Å². The molecule has 0 aliphatic rings. The molecule has 0 saturated heterocycles. The molecule has 7 heteroatoms. The number of amides is 1. The Morgan fingerprint density at radius 1 is 1.18 bits per heavy atom. The molecule has 0 fully saturated rings. The molecule has 0 radical (unpaired) electrons. The number of carbonyl (C=O) groups is 2.